The number of carboxylic acid groups (broad SMARTS) is 1. The normalized spacial score (nSPS) is 20.6. The number of methoxy groups -OCH3 is 1. The molecule has 0 unspecified atom stereocenters. The molecule has 2 rings (SSSR count). The highest BCUT2D eigenvalue weighted by Gasteiger charge is 2.53. The van der Waals surface area contributed by atoms with E-state index in [-0.39, 0.29) is 18.6 Å². The quantitative estimate of drug-likeness (QED) is 0.817. The van der Waals surface area contributed by atoms with Crippen LogP contribution in [0.5, 0.6) is 5.75 Å². The largest absolute Gasteiger partial charge is 0.494 e. The van der Waals surface area contributed by atoms with Gasteiger partial charge in [-0.05, 0) is 24.1 Å². The Morgan fingerprint density at radius 3 is 2.48 bits per heavy atom. The smallest absolute Gasteiger partial charge is 0.394 e. The van der Waals surface area contributed by atoms with E-state index in [4.69, 9.17) is 9.84 Å². The number of halogens is 4. The Bertz CT molecular complexity index is 662. The number of alkyl halides is 3. The van der Waals surface area contributed by atoms with Crippen LogP contribution in [0.4, 0.5) is 17.6 Å². The molecule has 1 aliphatic heterocycles. The number of carboxylic acids is 1. The van der Waals surface area contributed by atoms with Crippen LogP contribution in [-0.4, -0.2) is 48.3 Å². The van der Waals surface area contributed by atoms with Gasteiger partial charge in [0.1, 0.15) is 0 Å². The van der Waals surface area contributed by atoms with Crippen LogP contribution in [-0.2, 0) is 16.0 Å². The van der Waals surface area contributed by atoms with E-state index in [0.717, 1.165) is 4.90 Å². The van der Waals surface area contributed by atoms with Crippen LogP contribution in [0, 0.1) is 17.7 Å². The lowest BCUT2D eigenvalue weighted by Crippen LogP contribution is -2.34. The van der Waals surface area contributed by atoms with Crippen molar-refractivity contribution in [3.63, 3.8) is 0 Å². The fraction of sp³-hybridized carbons (Fsp3) is 0.500. The molecule has 0 radical (unpaired) electrons. The van der Waals surface area contributed by atoms with Crippen LogP contribution in [0.25, 0.3) is 0 Å². The third kappa shape index (κ3) is 4.40. The average molecular weight is 363 g/mol. The van der Waals surface area contributed by atoms with Gasteiger partial charge >= 0.3 is 12.1 Å². The van der Waals surface area contributed by atoms with E-state index < -0.39 is 48.8 Å². The summed E-state index contributed by atoms with van der Waals surface area (Å²) in [6.07, 6.45) is -4.69. The number of aliphatic carboxylic acids is 1. The van der Waals surface area contributed by atoms with E-state index in [0.29, 0.717) is 5.56 Å². The Balaban J connectivity index is 1.99. The molecule has 0 saturated carbocycles. The van der Waals surface area contributed by atoms with Crippen LogP contribution in [0.3, 0.4) is 0 Å². The molecule has 0 spiro atoms. The van der Waals surface area contributed by atoms with Crippen LogP contribution >= 0.6 is 0 Å². The van der Waals surface area contributed by atoms with Gasteiger partial charge in [0.2, 0.25) is 5.91 Å². The van der Waals surface area contributed by atoms with Crippen molar-refractivity contribution in [3.05, 3.63) is 29.6 Å². The Morgan fingerprint density at radius 1 is 1.32 bits per heavy atom. The van der Waals surface area contributed by atoms with Crippen molar-refractivity contribution in [2.45, 2.75) is 19.0 Å². The highest BCUT2D eigenvalue weighted by Crippen LogP contribution is 2.38. The first-order chi connectivity index (χ1) is 11.6. The van der Waals surface area contributed by atoms with Gasteiger partial charge < -0.3 is 14.7 Å². The second kappa shape index (κ2) is 7.28. The minimum absolute atomic E-state index is 0.0481. The summed E-state index contributed by atoms with van der Waals surface area (Å²) >= 11 is 0. The minimum Gasteiger partial charge on any atom is -0.494 e. The summed E-state index contributed by atoms with van der Waals surface area (Å²) in [7, 11) is 1.31. The van der Waals surface area contributed by atoms with Gasteiger partial charge in [0.05, 0.1) is 18.9 Å². The predicted octanol–water partition coefficient (Wildman–Crippen LogP) is 2.49. The molecule has 0 aromatic heterocycles. The molecule has 1 heterocycles. The summed E-state index contributed by atoms with van der Waals surface area (Å²) in [5.41, 5.74) is 0.494. The number of carbonyl (C=O) groups excluding carboxylic acids is 1. The molecular weight excluding hydrogens is 346 g/mol. The zero-order chi connectivity index (χ0) is 18.8. The maximum atomic E-state index is 13.6. The van der Waals surface area contributed by atoms with Gasteiger partial charge in [-0.1, -0.05) is 6.07 Å². The fourth-order valence-corrected chi connectivity index (χ4v) is 2.86. The molecule has 0 bridgehead atoms. The first-order valence-electron chi connectivity index (χ1n) is 7.53. The molecule has 138 valence electrons. The topological polar surface area (TPSA) is 66.8 Å². The zero-order valence-corrected chi connectivity index (χ0v) is 13.3. The number of nitrogens with zero attached hydrogens (tertiary/aromatic N) is 1. The molecule has 9 heteroatoms. The Kier molecular flexibility index (Phi) is 5.54. The third-order valence-electron chi connectivity index (χ3n) is 4.25. The number of carbonyl (C=O) groups is 2. The third-order valence-corrected chi connectivity index (χ3v) is 4.25. The highest BCUT2D eigenvalue weighted by molar-refractivity contribution is 5.79. The van der Waals surface area contributed by atoms with Crippen molar-refractivity contribution in [1.82, 2.24) is 4.90 Å². The molecule has 1 fully saturated rings. The van der Waals surface area contributed by atoms with Crippen molar-refractivity contribution >= 4 is 11.9 Å². The maximum absolute atomic E-state index is 13.6. The first-order valence-corrected chi connectivity index (χ1v) is 7.53. The summed E-state index contributed by atoms with van der Waals surface area (Å²) in [6.45, 7) is -1.15. The second-order valence-electron chi connectivity index (χ2n) is 5.86. The number of aryl methyl sites for hydroxylation is 1. The summed E-state index contributed by atoms with van der Waals surface area (Å²) in [4.78, 5) is 24.0. The van der Waals surface area contributed by atoms with Gasteiger partial charge in [0.15, 0.2) is 11.6 Å². The lowest BCUT2D eigenvalue weighted by Gasteiger charge is -2.18. The average Bonchev–Trinajstić information content (AvgIpc) is 2.98. The molecule has 1 N–H and O–H groups in total. The second-order valence-corrected chi connectivity index (χ2v) is 5.86. The molecule has 25 heavy (non-hydrogen) atoms. The molecule has 1 aromatic carbocycles. The Morgan fingerprint density at radius 2 is 2.00 bits per heavy atom. The lowest BCUT2D eigenvalue weighted by atomic mass is 9.96. The number of likely N-dealkylation sites (tertiary alicyclic amines) is 1. The number of amides is 1. The van der Waals surface area contributed by atoms with Crippen molar-refractivity contribution in [2.75, 3.05) is 20.2 Å². The van der Waals surface area contributed by atoms with Crippen LogP contribution in [0.1, 0.15) is 12.0 Å². The number of benzene rings is 1. The van der Waals surface area contributed by atoms with Gasteiger partial charge in [-0.2, -0.15) is 13.2 Å². The molecule has 2 atom stereocenters. The predicted molar refractivity (Wildman–Crippen MR) is 78.5 cm³/mol. The van der Waals surface area contributed by atoms with E-state index >= 15 is 0 Å². The Hall–Kier alpha value is -2.32. The standard InChI is InChI=1S/C16H17F4NO4/c1-25-13-4-2-9(6-12(13)17)3-5-14(22)21-7-10(15(23)24)11(8-21)16(18,19)20/h2,4,6,10-11H,3,5,7-8H2,1H3,(H,23,24)/t10-,11-/m1/s1. The van der Waals surface area contributed by atoms with Crippen molar-refractivity contribution in [3.8, 4) is 5.75 Å². The van der Waals surface area contributed by atoms with Gasteiger partial charge in [0, 0.05) is 19.5 Å². The maximum Gasteiger partial charge on any atom is 0.394 e. The lowest BCUT2D eigenvalue weighted by molar-refractivity contribution is -0.188. The fourth-order valence-electron chi connectivity index (χ4n) is 2.86. The first kappa shape index (κ1) is 19.0. The van der Waals surface area contributed by atoms with Crippen LogP contribution < -0.4 is 4.74 Å². The van der Waals surface area contributed by atoms with E-state index in [2.05, 4.69) is 0 Å². The Labute approximate surface area is 141 Å². The van der Waals surface area contributed by atoms with Gasteiger partial charge in [-0.25, -0.2) is 4.39 Å². The number of rotatable bonds is 5. The van der Waals surface area contributed by atoms with Gasteiger partial charge in [-0.3, -0.25) is 9.59 Å². The van der Waals surface area contributed by atoms with Crippen LogP contribution in [0.2, 0.25) is 0 Å². The minimum atomic E-state index is -4.68. The molecule has 1 aliphatic rings. The molecule has 1 aromatic rings. The van der Waals surface area contributed by atoms with E-state index in [9.17, 15) is 27.2 Å². The molecule has 0 aliphatic carbocycles. The molecule has 5 nitrogen and oxygen atoms in total. The van der Waals surface area contributed by atoms with Crippen LogP contribution in [0.15, 0.2) is 18.2 Å². The summed E-state index contributed by atoms with van der Waals surface area (Å²) in [5, 5.41) is 8.94. The zero-order valence-electron chi connectivity index (χ0n) is 13.3. The monoisotopic (exact) mass is 363 g/mol. The van der Waals surface area contributed by atoms with E-state index in [1.807, 2.05) is 0 Å². The SMILES string of the molecule is COc1ccc(CCC(=O)N2C[C@@H](C(F)(F)F)[C@H](C(=O)O)C2)cc1F. The van der Waals surface area contributed by atoms with E-state index in [1.54, 1.807) is 6.07 Å². The summed E-state index contributed by atoms with van der Waals surface area (Å²) in [6, 6.07) is 4.14. The molecular formula is C16H17F4NO4. The molecule has 1 saturated heterocycles. The van der Waals surface area contributed by atoms with Crippen molar-refractivity contribution in [2.24, 2.45) is 11.8 Å². The number of hydrogen-bond donors (Lipinski definition) is 1. The van der Waals surface area contributed by atoms with E-state index in [1.165, 1.54) is 19.2 Å². The van der Waals surface area contributed by atoms with Gasteiger partial charge in [0.25, 0.3) is 0 Å². The summed E-state index contributed by atoms with van der Waals surface area (Å²) in [5.74, 6) is -6.46. The van der Waals surface area contributed by atoms with Crippen molar-refractivity contribution in [1.29, 1.82) is 0 Å². The van der Waals surface area contributed by atoms with Gasteiger partial charge in [-0.15, -0.1) is 0 Å². The summed E-state index contributed by atoms with van der Waals surface area (Å²) < 4.78 is 57.1. The highest BCUT2D eigenvalue weighted by atomic mass is 19.4. The number of hydrogen-bond acceptors (Lipinski definition) is 3. The van der Waals surface area contributed by atoms with Crippen molar-refractivity contribution < 1.29 is 37.0 Å². The molecule has 1 amide bonds. The number of ether oxygens (including phenoxy) is 1.